The Morgan fingerprint density at radius 1 is 1.16 bits per heavy atom. The van der Waals surface area contributed by atoms with Gasteiger partial charge in [-0.15, -0.1) is 0 Å². The van der Waals surface area contributed by atoms with E-state index in [-0.39, 0.29) is 19.3 Å². The predicted octanol–water partition coefficient (Wildman–Crippen LogP) is 3.37. The number of nitrogens with zero attached hydrogens (tertiary/aromatic N) is 1. The Hall–Kier alpha value is -4.12. The standard InChI is InChI=1S/C27H32N4O6S/c1-6-35-26(33)23-17(4)29-27(38)30-24(23)19-11-7-8-12-20(19)36-15-22(32)31-28-14-18-10-9-13-21(34-5)25(18)37-16(2)3/h7-14,16,24H,6,15H2,1-5H3,(H,31,32)(H2,29,30,38)/t24-/m0/s1. The topological polar surface area (TPSA) is 120 Å². The third kappa shape index (κ3) is 7.22. The molecule has 3 rings (SSSR count). The molecule has 0 aliphatic carbocycles. The van der Waals surface area contributed by atoms with E-state index >= 15 is 0 Å². The van der Waals surface area contributed by atoms with Gasteiger partial charge in [-0.1, -0.05) is 24.3 Å². The van der Waals surface area contributed by atoms with Crippen molar-refractivity contribution in [2.24, 2.45) is 5.10 Å². The first-order chi connectivity index (χ1) is 18.2. The summed E-state index contributed by atoms with van der Waals surface area (Å²) in [6, 6.07) is 11.9. The van der Waals surface area contributed by atoms with E-state index in [1.54, 1.807) is 57.4 Å². The van der Waals surface area contributed by atoms with Crippen LogP contribution in [0.4, 0.5) is 0 Å². The van der Waals surface area contributed by atoms with Crippen LogP contribution in [0.15, 0.2) is 58.8 Å². The summed E-state index contributed by atoms with van der Waals surface area (Å²) in [6.45, 7) is 7.22. The maximum atomic E-state index is 12.7. The van der Waals surface area contributed by atoms with Gasteiger partial charge in [0.25, 0.3) is 5.91 Å². The molecule has 38 heavy (non-hydrogen) atoms. The summed E-state index contributed by atoms with van der Waals surface area (Å²) < 4.78 is 22.3. The van der Waals surface area contributed by atoms with Gasteiger partial charge in [-0.2, -0.15) is 5.10 Å². The lowest BCUT2D eigenvalue weighted by Crippen LogP contribution is -2.45. The van der Waals surface area contributed by atoms with Crippen LogP contribution in [-0.4, -0.2) is 49.6 Å². The molecule has 0 bridgehead atoms. The number of hydrogen-bond acceptors (Lipinski definition) is 8. The smallest absolute Gasteiger partial charge is 0.338 e. The molecule has 1 atom stereocenters. The van der Waals surface area contributed by atoms with Crippen LogP contribution in [-0.2, 0) is 14.3 Å². The number of ether oxygens (including phenoxy) is 4. The monoisotopic (exact) mass is 540 g/mol. The van der Waals surface area contributed by atoms with Gasteiger partial charge < -0.3 is 29.6 Å². The van der Waals surface area contributed by atoms with Gasteiger partial charge in [0.15, 0.2) is 23.2 Å². The molecule has 0 saturated heterocycles. The lowest BCUT2D eigenvalue weighted by Gasteiger charge is -2.30. The summed E-state index contributed by atoms with van der Waals surface area (Å²) in [5, 5.41) is 10.5. The largest absolute Gasteiger partial charge is 0.493 e. The normalized spacial score (nSPS) is 15.1. The number of methoxy groups -OCH3 is 1. The predicted molar refractivity (Wildman–Crippen MR) is 147 cm³/mol. The molecule has 2 aromatic carbocycles. The first-order valence-electron chi connectivity index (χ1n) is 12.1. The minimum absolute atomic E-state index is 0.0757. The molecule has 0 spiro atoms. The number of amides is 1. The fourth-order valence-corrected chi connectivity index (χ4v) is 4.03. The van der Waals surface area contributed by atoms with E-state index in [1.807, 2.05) is 19.9 Å². The summed E-state index contributed by atoms with van der Waals surface area (Å²) in [5.41, 5.74) is 4.69. The lowest BCUT2D eigenvalue weighted by atomic mass is 9.95. The Balaban J connectivity index is 1.72. The average Bonchev–Trinajstić information content (AvgIpc) is 2.87. The zero-order chi connectivity index (χ0) is 27.7. The molecule has 202 valence electrons. The Morgan fingerprint density at radius 2 is 1.89 bits per heavy atom. The van der Waals surface area contributed by atoms with Crippen molar-refractivity contribution in [1.29, 1.82) is 0 Å². The highest BCUT2D eigenvalue weighted by molar-refractivity contribution is 7.80. The summed E-state index contributed by atoms with van der Waals surface area (Å²) in [6.07, 6.45) is 1.40. The van der Waals surface area contributed by atoms with Gasteiger partial charge in [0.05, 0.1) is 37.7 Å². The summed E-state index contributed by atoms with van der Waals surface area (Å²) in [5.74, 6) is 0.547. The van der Waals surface area contributed by atoms with Crippen LogP contribution < -0.4 is 30.3 Å². The van der Waals surface area contributed by atoms with Crippen molar-refractivity contribution >= 4 is 35.4 Å². The second-order valence-corrected chi connectivity index (χ2v) is 8.86. The Kier molecular flexibility index (Phi) is 10.1. The van der Waals surface area contributed by atoms with Crippen LogP contribution >= 0.6 is 12.2 Å². The van der Waals surface area contributed by atoms with Gasteiger partial charge in [-0.05, 0) is 58.1 Å². The van der Waals surface area contributed by atoms with E-state index in [2.05, 4.69) is 21.2 Å². The maximum absolute atomic E-state index is 12.7. The minimum Gasteiger partial charge on any atom is -0.493 e. The molecule has 11 heteroatoms. The number of esters is 1. The number of carbonyl (C=O) groups is 2. The van der Waals surface area contributed by atoms with Gasteiger partial charge in [0, 0.05) is 16.8 Å². The van der Waals surface area contributed by atoms with Crippen molar-refractivity contribution in [3.63, 3.8) is 0 Å². The van der Waals surface area contributed by atoms with Crippen molar-refractivity contribution in [3.05, 3.63) is 64.9 Å². The van der Waals surface area contributed by atoms with Crippen LogP contribution in [0.3, 0.4) is 0 Å². The van der Waals surface area contributed by atoms with Gasteiger partial charge >= 0.3 is 5.97 Å². The highest BCUT2D eigenvalue weighted by Gasteiger charge is 2.32. The van der Waals surface area contributed by atoms with Gasteiger partial charge in [-0.25, -0.2) is 10.2 Å². The maximum Gasteiger partial charge on any atom is 0.338 e. The quantitative estimate of drug-likeness (QED) is 0.171. The lowest BCUT2D eigenvalue weighted by molar-refractivity contribution is -0.139. The number of rotatable bonds is 11. The molecule has 0 saturated carbocycles. The van der Waals surface area contributed by atoms with Crippen molar-refractivity contribution < 1.29 is 28.5 Å². The number of hydrogen-bond donors (Lipinski definition) is 3. The molecule has 1 amide bonds. The Bertz CT molecular complexity index is 1240. The van der Waals surface area contributed by atoms with E-state index in [0.29, 0.717) is 44.8 Å². The van der Waals surface area contributed by atoms with Crippen molar-refractivity contribution in [1.82, 2.24) is 16.1 Å². The van der Waals surface area contributed by atoms with E-state index in [0.717, 1.165) is 0 Å². The number of carbonyl (C=O) groups excluding carboxylic acids is 2. The zero-order valence-corrected chi connectivity index (χ0v) is 22.8. The van der Waals surface area contributed by atoms with E-state index in [1.165, 1.54) is 6.21 Å². The van der Waals surface area contributed by atoms with E-state index in [4.69, 9.17) is 31.2 Å². The minimum atomic E-state index is -0.618. The highest BCUT2D eigenvalue weighted by Crippen LogP contribution is 2.34. The van der Waals surface area contributed by atoms with Crippen LogP contribution in [0, 0.1) is 0 Å². The van der Waals surface area contributed by atoms with Gasteiger partial charge in [0.1, 0.15) is 5.75 Å². The molecule has 0 unspecified atom stereocenters. The van der Waals surface area contributed by atoms with Crippen molar-refractivity contribution in [3.8, 4) is 17.2 Å². The van der Waals surface area contributed by atoms with Crippen molar-refractivity contribution in [2.75, 3.05) is 20.3 Å². The molecule has 1 heterocycles. The molecular weight excluding hydrogens is 508 g/mol. The van der Waals surface area contributed by atoms with Crippen molar-refractivity contribution in [2.45, 2.75) is 39.8 Å². The van der Waals surface area contributed by atoms with Gasteiger partial charge in [0.2, 0.25) is 0 Å². The first kappa shape index (κ1) is 28.5. The molecule has 0 aromatic heterocycles. The molecule has 1 aliphatic rings. The summed E-state index contributed by atoms with van der Waals surface area (Å²) in [7, 11) is 1.56. The third-order valence-corrected chi connectivity index (χ3v) is 5.55. The number of allylic oxidation sites excluding steroid dienone is 1. The summed E-state index contributed by atoms with van der Waals surface area (Å²) in [4.78, 5) is 25.2. The number of para-hydroxylation sites is 2. The first-order valence-corrected chi connectivity index (χ1v) is 12.5. The van der Waals surface area contributed by atoms with Gasteiger partial charge in [-0.3, -0.25) is 4.79 Å². The third-order valence-electron chi connectivity index (χ3n) is 5.33. The fourth-order valence-electron chi connectivity index (χ4n) is 3.76. The van der Waals surface area contributed by atoms with E-state index < -0.39 is 17.9 Å². The number of nitrogens with one attached hydrogen (secondary N) is 3. The molecule has 10 nitrogen and oxygen atoms in total. The number of benzene rings is 2. The summed E-state index contributed by atoms with van der Waals surface area (Å²) >= 11 is 5.30. The van der Waals surface area contributed by atoms with Crippen LogP contribution in [0.5, 0.6) is 17.2 Å². The van der Waals surface area contributed by atoms with Crippen LogP contribution in [0.2, 0.25) is 0 Å². The van der Waals surface area contributed by atoms with E-state index in [9.17, 15) is 9.59 Å². The fraction of sp³-hybridized carbons (Fsp3) is 0.333. The Morgan fingerprint density at radius 3 is 2.61 bits per heavy atom. The van der Waals surface area contributed by atoms with Crippen LogP contribution in [0.1, 0.15) is 44.9 Å². The molecule has 0 fully saturated rings. The van der Waals surface area contributed by atoms with Crippen LogP contribution in [0.25, 0.3) is 0 Å². The Labute approximate surface area is 227 Å². The molecule has 1 aliphatic heterocycles. The number of hydrazone groups is 1. The SMILES string of the molecule is CCOC(=O)C1=C(C)NC(=S)N[C@H]1c1ccccc1OCC(=O)NN=Cc1cccc(OC)c1OC(C)C. The average molecular weight is 541 g/mol. The molecule has 3 N–H and O–H groups in total. The number of thiocarbonyl (C=S) groups is 1. The second kappa shape index (κ2) is 13.4. The molecular formula is C27H32N4O6S. The zero-order valence-electron chi connectivity index (χ0n) is 22.0. The molecule has 2 aromatic rings. The second-order valence-electron chi connectivity index (χ2n) is 8.46. The highest BCUT2D eigenvalue weighted by atomic mass is 32.1. The molecule has 0 radical (unpaired) electrons.